The minimum atomic E-state index is -0.948. The van der Waals surface area contributed by atoms with E-state index in [0.717, 1.165) is 6.54 Å². The van der Waals surface area contributed by atoms with Gasteiger partial charge in [0, 0.05) is 17.3 Å². The number of carbonyl (C=O) groups is 1. The maximum Gasteiger partial charge on any atom is 0.337 e. The monoisotopic (exact) mass is 267 g/mol. The van der Waals surface area contributed by atoms with Crippen molar-refractivity contribution in [2.75, 3.05) is 11.9 Å². The Morgan fingerprint density at radius 3 is 2.72 bits per heavy atom. The number of carboxylic acids is 1. The molecular formula is C14H18ClNO2. The molecular weight excluding hydrogens is 250 g/mol. The highest BCUT2D eigenvalue weighted by molar-refractivity contribution is 6.31. The van der Waals surface area contributed by atoms with Crippen LogP contribution in [0.3, 0.4) is 0 Å². The molecule has 2 rings (SSSR count). The molecule has 0 unspecified atom stereocenters. The molecule has 18 heavy (non-hydrogen) atoms. The fourth-order valence-corrected chi connectivity index (χ4v) is 2.73. The number of rotatable bonds is 4. The normalized spacial score (nSPS) is 17.7. The van der Waals surface area contributed by atoms with Crippen LogP contribution in [0, 0.1) is 5.41 Å². The van der Waals surface area contributed by atoms with Crippen LogP contribution in [0.1, 0.15) is 43.0 Å². The lowest BCUT2D eigenvalue weighted by molar-refractivity contribution is 0.0698. The van der Waals surface area contributed by atoms with Crippen LogP contribution in [0.25, 0.3) is 0 Å². The summed E-state index contributed by atoms with van der Waals surface area (Å²) in [4.78, 5) is 11.2. The molecule has 0 spiro atoms. The molecule has 1 fully saturated rings. The van der Waals surface area contributed by atoms with Crippen LogP contribution in [0.5, 0.6) is 0 Å². The molecule has 4 heteroatoms. The first kappa shape index (κ1) is 13.2. The van der Waals surface area contributed by atoms with E-state index in [2.05, 4.69) is 12.2 Å². The molecule has 1 aromatic rings. The number of aromatic carboxylic acids is 1. The molecule has 0 atom stereocenters. The first-order valence-electron chi connectivity index (χ1n) is 6.27. The maximum atomic E-state index is 11.2. The zero-order valence-electron chi connectivity index (χ0n) is 10.5. The Hall–Kier alpha value is -1.22. The standard InChI is InChI=1S/C14H18ClNO2/c1-14(6-2-3-7-14)9-16-12-5-4-10(15)8-11(12)13(17)18/h4-5,8,16H,2-3,6-7,9H2,1H3,(H,17,18). The SMILES string of the molecule is CC1(CNc2ccc(Cl)cc2C(=O)O)CCCC1. The van der Waals surface area contributed by atoms with E-state index >= 15 is 0 Å². The molecule has 1 saturated carbocycles. The fourth-order valence-electron chi connectivity index (χ4n) is 2.56. The Bertz CT molecular complexity index is 453. The molecule has 0 amide bonds. The van der Waals surface area contributed by atoms with Crippen LogP contribution in [0.2, 0.25) is 5.02 Å². The molecule has 98 valence electrons. The van der Waals surface area contributed by atoms with Crippen LogP contribution in [-0.2, 0) is 0 Å². The van der Waals surface area contributed by atoms with Gasteiger partial charge in [0.15, 0.2) is 0 Å². The third-order valence-electron chi connectivity index (χ3n) is 3.73. The van der Waals surface area contributed by atoms with E-state index in [1.165, 1.54) is 31.7 Å². The number of carboxylic acid groups (broad SMARTS) is 1. The van der Waals surface area contributed by atoms with Crippen molar-refractivity contribution in [2.45, 2.75) is 32.6 Å². The number of nitrogens with one attached hydrogen (secondary N) is 1. The number of anilines is 1. The summed E-state index contributed by atoms with van der Waals surface area (Å²) in [6, 6.07) is 4.95. The topological polar surface area (TPSA) is 49.3 Å². The molecule has 0 heterocycles. The summed E-state index contributed by atoms with van der Waals surface area (Å²) >= 11 is 5.82. The van der Waals surface area contributed by atoms with Crippen LogP contribution in [-0.4, -0.2) is 17.6 Å². The minimum absolute atomic E-state index is 0.240. The third kappa shape index (κ3) is 2.96. The number of halogens is 1. The molecule has 2 N–H and O–H groups in total. The van der Waals surface area contributed by atoms with Crippen molar-refractivity contribution < 1.29 is 9.90 Å². The number of benzene rings is 1. The van der Waals surface area contributed by atoms with Gasteiger partial charge in [-0.1, -0.05) is 31.4 Å². The molecule has 0 radical (unpaired) electrons. The number of hydrogen-bond donors (Lipinski definition) is 2. The molecule has 0 aromatic heterocycles. The van der Waals surface area contributed by atoms with Gasteiger partial charge in [0.05, 0.1) is 5.56 Å². The minimum Gasteiger partial charge on any atom is -0.478 e. The molecule has 1 aliphatic rings. The van der Waals surface area contributed by atoms with Crippen molar-refractivity contribution in [3.8, 4) is 0 Å². The molecule has 0 aliphatic heterocycles. The summed E-state index contributed by atoms with van der Waals surface area (Å²) in [7, 11) is 0. The van der Waals surface area contributed by atoms with Gasteiger partial charge in [-0.3, -0.25) is 0 Å². The van der Waals surface area contributed by atoms with Crippen molar-refractivity contribution in [1.29, 1.82) is 0 Å². The van der Waals surface area contributed by atoms with Crippen LogP contribution in [0.4, 0.5) is 5.69 Å². The fraction of sp³-hybridized carbons (Fsp3) is 0.500. The van der Waals surface area contributed by atoms with Crippen molar-refractivity contribution in [1.82, 2.24) is 0 Å². The highest BCUT2D eigenvalue weighted by atomic mass is 35.5. The van der Waals surface area contributed by atoms with Gasteiger partial charge in [-0.25, -0.2) is 4.79 Å². The van der Waals surface area contributed by atoms with Crippen LogP contribution >= 0.6 is 11.6 Å². The maximum absolute atomic E-state index is 11.2. The first-order chi connectivity index (χ1) is 8.50. The van der Waals surface area contributed by atoms with Crippen molar-refractivity contribution in [2.24, 2.45) is 5.41 Å². The zero-order valence-corrected chi connectivity index (χ0v) is 11.3. The zero-order chi connectivity index (χ0) is 13.2. The lowest BCUT2D eigenvalue weighted by Gasteiger charge is -2.25. The molecule has 0 saturated heterocycles. The van der Waals surface area contributed by atoms with Gasteiger partial charge >= 0.3 is 5.97 Å². The van der Waals surface area contributed by atoms with Gasteiger partial charge in [-0.05, 0) is 36.5 Å². The molecule has 0 bridgehead atoms. The lowest BCUT2D eigenvalue weighted by atomic mass is 9.89. The quantitative estimate of drug-likeness (QED) is 0.866. The second-order valence-corrected chi connectivity index (χ2v) is 5.80. The van der Waals surface area contributed by atoms with E-state index in [1.807, 2.05) is 0 Å². The van der Waals surface area contributed by atoms with E-state index < -0.39 is 5.97 Å². The largest absolute Gasteiger partial charge is 0.478 e. The second-order valence-electron chi connectivity index (χ2n) is 5.37. The van der Waals surface area contributed by atoms with Crippen LogP contribution in [0.15, 0.2) is 18.2 Å². The van der Waals surface area contributed by atoms with Gasteiger partial charge in [0.2, 0.25) is 0 Å². The van der Waals surface area contributed by atoms with Gasteiger partial charge in [-0.15, -0.1) is 0 Å². The predicted octanol–water partition coefficient (Wildman–Crippen LogP) is 4.03. The summed E-state index contributed by atoms with van der Waals surface area (Å²) in [6.45, 7) is 3.07. The van der Waals surface area contributed by atoms with E-state index in [1.54, 1.807) is 12.1 Å². The van der Waals surface area contributed by atoms with E-state index in [-0.39, 0.29) is 11.0 Å². The lowest BCUT2D eigenvalue weighted by Crippen LogP contribution is -2.23. The summed E-state index contributed by atoms with van der Waals surface area (Å²) in [5.74, 6) is -0.948. The second kappa shape index (κ2) is 5.19. The third-order valence-corrected chi connectivity index (χ3v) is 3.96. The Morgan fingerprint density at radius 1 is 1.44 bits per heavy atom. The van der Waals surface area contributed by atoms with Gasteiger partial charge < -0.3 is 10.4 Å². The van der Waals surface area contributed by atoms with Crippen molar-refractivity contribution >= 4 is 23.3 Å². The van der Waals surface area contributed by atoms with E-state index in [4.69, 9.17) is 16.7 Å². The molecule has 3 nitrogen and oxygen atoms in total. The Morgan fingerprint density at radius 2 is 2.11 bits per heavy atom. The smallest absolute Gasteiger partial charge is 0.337 e. The molecule has 1 aromatic carbocycles. The molecule has 1 aliphatic carbocycles. The van der Waals surface area contributed by atoms with Crippen molar-refractivity contribution in [3.63, 3.8) is 0 Å². The Kier molecular flexibility index (Phi) is 3.81. The summed E-state index contributed by atoms with van der Waals surface area (Å²) in [6.07, 6.45) is 4.95. The Balaban J connectivity index is 2.11. The highest BCUT2D eigenvalue weighted by Gasteiger charge is 2.28. The van der Waals surface area contributed by atoms with Gasteiger partial charge in [0.1, 0.15) is 0 Å². The summed E-state index contributed by atoms with van der Waals surface area (Å²) < 4.78 is 0. The Labute approximate surface area is 112 Å². The van der Waals surface area contributed by atoms with Crippen molar-refractivity contribution in [3.05, 3.63) is 28.8 Å². The van der Waals surface area contributed by atoms with Crippen LogP contribution < -0.4 is 5.32 Å². The van der Waals surface area contributed by atoms with E-state index in [9.17, 15) is 4.79 Å². The first-order valence-corrected chi connectivity index (χ1v) is 6.65. The average Bonchev–Trinajstić information content (AvgIpc) is 2.75. The summed E-state index contributed by atoms with van der Waals surface area (Å²) in [5.41, 5.74) is 1.18. The summed E-state index contributed by atoms with van der Waals surface area (Å²) in [5, 5.41) is 12.9. The van der Waals surface area contributed by atoms with E-state index in [0.29, 0.717) is 10.7 Å². The van der Waals surface area contributed by atoms with Gasteiger partial charge in [0.25, 0.3) is 0 Å². The predicted molar refractivity (Wildman–Crippen MR) is 73.5 cm³/mol. The highest BCUT2D eigenvalue weighted by Crippen LogP contribution is 2.37. The average molecular weight is 268 g/mol. The van der Waals surface area contributed by atoms with Gasteiger partial charge in [-0.2, -0.15) is 0 Å². The number of hydrogen-bond acceptors (Lipinski definition) is 2.